The molecule has 4 aromatic rings. The first-order valence-corrected chi connectivity index (χ1v) is 16.8. The van der Waals surface area contributed by atoms with Gasteiger partial charge in [0, 0.05) is 12.8 Å². The van der Waals surface area contributed by atoms with Crippen molar-refractivity contribution in [2.75, 3.05) is 40.1 Å². The van der Waals surface area contributed by atoms with E-state index < -0.39 is 35.5 Å². The van der Waals surface area contributed by atoms with E-state index in [0.29, 0.717) is 18.9 Å². The number of rotatable bonds is 17. The quantitative estimate of drug-likeness (QED) is 0.139. The van der Waals surface area contributed by atoms with Crippen LogP contribution < -0.4 is 0 Å². The van der Waals surface area contributed by atoms with E-state index in [1.165, 1.54) is 7.11 Å². The maximum Gasteiger partial charge on any atom is 0.354 e. The Labute approximate surface area is 291 Å². The van der Waals surface area contributed by atoms with Crippen LogP contribution in [-0.2, 0) is 68.3 Å². The monoisotopic (exact) mass is 685 g/mol. The lowest BCUT2D eigenvalue weighted by Crippen LogP contribution is -2.50. The fourth-order valence-corrected chi connectivity index (χ4v) is 6.29. The SMILES string of the molecule is COC(=O)c1ccc(C2(CC(C(=O)OCc3ccccc3)C3(C[C@@H](COCc4ccccc4)OCc4ccccc4)OCCO3)OCCO2)[nH]1. The summed E-state index contributed by atoms with van der Waals surface area (Å²) < 4.78 is 48.9. The van der Waals surface area contributed by atoms with Gasteiger partial charge in [0.1, 0.15) is 18.2 Å². The number of H-pyrrole nitrogens is 1. The second kappa shape index (κ2) is 17.0. The van der Waals surface area contributed by atoms with E-state index in [1.807, 2.05) is 91.0 Å². The Hall–Kier alpha value is -4.36. The van der Waals surface area contributed by atoms with Crippen molar-refractivity contribution in [1.82, 2.24) is 4.98 Å². The number of methoxy groups -OCH3 is 1. The van der Waals surface area contributed by atoms with Gasteiger partial charge in [-0.1, -0.05) is 91.0 Å². The van der Waals surface area contributed by atoms with Crippen molar-refractivity contribution in [1.29, 1.82) is 0 Å². The summed E-state index contributed by atoms with van der Waals surface area (Å²) in [5.41, 5.74) is 3.51. The maximum absolute atomic E-state index is 14.3. The molecule has 2 fully saturated rings. The normalized spacial score (nSPS) is 17.6. The number of esters is 2. The van der Waals surface area contributed by atoms with Crippen LogP contribution >= 0.6 is 0 Å². The third-order valence-electron chi connectivity index (χ3n) is 8.80. The predicted molar refractivity (Wildman–Crippen MR) is 180 cm³/mol. The molecule has 1 N–H and O–H groups in total. The fraction of sp³-hybridized carbons (Fsp3) is 0.385. The Morgan fingerprint density at radius 3 is 1.86 bits per heavy atom. The molecular formula is C39H43NO10. The lowest BCUT2D eigenvalue weighted by atomic mass is 9.85. The number of hydrogen-bond acceptors (Lipinski definition) is 10. The van der Waals surface area contributed by atoms with Gasteiger partial charge in [0.05, 0.1) is 65.2 Å². The molecule has 1 unspecified atom stereocenters. The summed E-state index contributed by atoms with van der Waals surface area (Å²) in [6.07, 6.45) is -0.439. The molecule has 0 amide bonds. The number of benzene rings is 3. The number of ether oxygens (including phenoxy) is 8. The van der Waals surface area contributed by atoms with Gasteiger partial charge in [-0.2, -0.15) is 0 Å². The summed E-state index contributed by atoms with van der Waals surface area (Å²) >= 11 is 0. The largest absolute Gasteiger partial charge is 0.464 e. The van der Waals surface area contributed by atoms with E-state index in [9.17, 15) is 9.59 Å². The molecule has 11 heteroatoms. The molecule has 2 aliphatic rings. The minimum absolute atomic E-state index is 0.0436. The highest BCUT2D eigenvalue weighted by atomic mass is 16.8. The van der Waals surface area contributed by atoms with Crippen molar-refractivity contribution in [2.45, 2.75) is 50.3 Å². The Morgan fingerprint density at radius 2 is 1.26 bits per heavy atom. The van der Waals surface area contributed by atoms with Crippen molar-refractivity contribution < 1.29 is 47.5 Å². The lowest BCUT2D eigenvalue weighted by molar-refractivity contribution is -0.256. The zero-order valence-corrected chi connectivity index (χ0v) is 28.1. The first kappa shape index (κ1) is 35.5. The molecule has 50 heavy (non-hydrogen) atoms. The van der Waals surface area contributed by atoms with Crippen LogP contribution in [0.3, 0.4) is 0 Å². The molecule has 0 radical (unpaired) electrons. The van der Waals surface area contributed by atoms with Crippen molar-refractivity contribution in [2.24, 2.45) is 5.92 Å². The molecule has 2 atom stereocenters. The van der Waals surface area contributed by atoms with Gasteiger partial charge >= 0.3 is 11.9 Å². The number of hydrogen-bond donors (Lipinski definition) is 1. The van der Waals surface area contributed by atoms with E-state index in [2.05, 4.69) is 4.98 Å². The van der Waals surface area contributed by atoms with Crippen molar-refractivity contribution in [3.63, 3.8) is 0 Å². The van der Waals surface area contributed by atoms with Gasteiger partial charge in [-0.25, -0.2) is 4.79 Å². The van der Waals surface area contributed by atoms with E-state index in [4.69, 9.17) is 37.9 Å². The second-order valence-corrected chi connectivity index (χ2v) is 12.2. The van der Waals surface area contributed by atoms with Crippen molar-refractivity contribution >= 4 is 11.9 Å². The number of carbonyl (C=O) groups excluding carboxylic acids is 2. The highest BCUT2D eigenvalue weighted by Gasteiger charge is 2.56. The first-order valence-electron chi connectivity index (χ1n) is 16.8. The topological polar surface area (TPSA) is 124 Å². The van der Waals surface area contributed by atoms with Gasteiger partial charge in [-0.3, -0.25) is 4.79 Å². The predicted octanol–water partition coefficient (Wildman–Crippen LogP) is 5.69. The van der Waals surface area contributed by atoms with Gasteiger partial charge in [-0.05, 0) is 28.8 Å². The van der Waals surface area contributed by atoms with Crippen LogP contribution in [0.4, 0.5) is 0 Å². The molecule has 11 nitrogen and oxygen atoms in total. The highest BCUT2D eigenvalue weighted by molar-refractivity contribution is 5.87. The van der Waals surface area contributed by atoms with E-state index in [1.54, 1.807) is 12.1 Å². The van der Waals surface area contributed by atoms with Gasteiger partial charge in [0.15, 0.2) is 5.79 Å². The number of aromatic amines is 1. The van der Waals surface area contributed by atoms with Crippen molar-refractivity contribution in [3.05, 3.63) is 131 Å². The Bertz CT molecular complexity index is 1630. The molecular weight excluding hydrogens is 642 g/mol. The summed E-state index contributed by atoms with van der Waals surface area (Å²) in [4.78, 5) is 29.8. The van der Waals surface area contributed by atoms with Gasteiger partial charge in [0.25, 0.3) is 0 Å². The average Bonchev–Trinajstić information content (AvgIpc) is 3.96. The lowest BCUT2D eigenvalue weighted by Gasteiger charge is -2.40. The van der Waals surface area contributed by atoms with Crippen LogP contribution in [0.15, 0.2) is 103 Å². The van der Waals surface area contributed by atoms with Gasteiger partial charge in [-0.15, -0.1) is 0 Å². The van der Waals surface area contributed by atoms with Crippen molar-refractivity contribution in [3.8, 4) is 0 Å². The van der Waals surface area contributed by atoms with Crippen LogP contribution in [0.1, 0.15) is 45.7 Å². The molecule has 6 rings (SSSR count). The van der Waals surface area contributed by atoms with E-state index in [0.717, 1.165) is 16.7 Å². The third-order valence-corrected chi connectivity index (χ3v) is 8.80. The minimum atomic E-state index is -1.48. The molecule has 264 valence electrons. The van der Waals surface area contributed by atoms with Crippen LogP contribution in [0, 0.1) is 5.92 Å². The molecule has 3 heterocycles. The third kappa shape index (κ3) is 8.86. The molecule has 1 aromatic heterocycles. The summed E-state index contributed by atoms with van der Waals surface area (Å²) in [7, 11) is 1.30. The summed E-state index contributed by atoms with van der Waals surface area (Å²) in [5.74, 6) is -5.06. The molecule has 0 bridgehead atoms. The Morgan fingerprint density at radius 1 is 0.700 bits per heavy atom. The Kier molecular flexibility index (Phi) is 12.1. The smallest absolute Gasteiger partial charge is 0.354 e. The molecule has 0 saturated carbocycles. The van der Waals surface area contributed by atoms with Crippen LogP contribution in [0.25, 0.3) is 0 Å². The van der Waals surface area contributed by atoms with E-state index >= 15 is 0 Å². The van der Waals surface area contributed by atoms with Gasteiger partial charge in [0.2, 0.25) is 5.79 Å². The standard InChI is InChI=1S/C39H43NO10/c1-43-37(42)34-17-18-35(40-34)39(49-21-22-50-39)24-33(36(41)46-27-31-15-9-4-10-16-31)38(47-19-20-48-38)23-32(45-26-30-13-7-3-8-14-30)28-44-25-29-11-5-2-6-12-29/h2-18,32-33,40H,19-28H2,1H3/t32-,33?/m0/s1. The number of aromatic nitrogens is 1. The molecule has 3 aromatic carbocycles. The molecule has 0 spiro atoms. The number of nitrogens with one attached hydrogen (secondary N) is 1. The van der Waals surface area contributed by atoms with Gasteiger partial charge < -0.3 is 42.9 Å². The highest BCUT2D eigenvalue weighted by Crippen LogP contribution is 2.45. The summed E-state index contributed by atoms with van der Waals surface area (Å²) in [5, 5.41) is 0. The molecule has 0 aliphatic carbocycles. The Balaban J connectivity index is 1.30. The zero-order valence-electron chi connectivity index (χ0n) is 28.1. The number of carbonyl (C=O) groups is 2. The summed E-state index contributed by atoms with van der Waals surface area (Å²) in [6, 6.07) is 32.4. The fourth-order valence-electron chi connectivity index (χ4n) is 6.29. The van der Waals surface area contributed by atoms with Crippen LogP contribution in [0.5, 0.6) is 0 Å². The minimum Gasteiger partial charge on any atom is -0.464 e. The zero-order chi connectivity index (χ0) is 34.7. The van der Waals surface area contributed by atoms with Crippen LogP contribution in [0.2, 0.25) is 0 Å². The maximum atomic E-state index is 14.3. The average molecular weight is 686 g/mol. The molecule has 2 saturated heterocycles. The second-order valence-electron chi connectivity index (χ2n) is 12.2. The molecule has 2 aliphatic heterocycles. The van der Waals surface area contributed by atoms with E-state index in [-0.39, 0.29) is 58.2 Å². The van der Waals surface area contributed by atoms with Crippen LogP contribution in [-0.4, -0.2) is 69.0 Å². The first-order chi connectivity index (χ1) is 24.5. The summed E-state index contributed by atoms with van der Waals surface area (Å²) in [6.45, 7) is 1.98.